The Morgan fingerprint density at radius 3 is 2.79 bits per heavy atom. The van der Waals surface area contributed by atoms with E-state index in [4.69, 9.17) is 5.11 Å². The molecule has 1 aliphatic heterocycles. The minimum Gasteiger partial charge on any atom is -0.480 e. The summed E-state index contributed by atoms with van der Waals surface area (Å²) >= 11 is 0. The second-order valence-corrected chi connectivity index (χ2v) is 6.25. The Morgan fingerprint density at radius 2 is 2.26 bits per heavy atom. The van der Waals surface area contributed by atoms with Gasteiger partial charge in [-0.2, -0.15) is 4.31 Å². The molecule has 1 aliphatic rings. The number of hydrogen-bond acceptors (Lipinski definition) is 5. The third-order valence-electron chi connectivity index (χ3n) is 3.14. The van der Waals surface area contributed by atoms with E-state index in [1.807, 2.05) is 0 Å². The minimum absolute atomic E-state index is 0.0976. The number of nitrogens with one attached hydrogen (secondary N) is 1. The van der Waals surface area contributed by atoms with E-state index in [0.29, 0.717) is 12.4 Å². The lowest BCUT2D eigenvalue weighted by Crippen LogP contribution is -2.56. The number of aryl methyl sites for hydroxylation is 2. The van der Waals surface area contributed by atoms with Crippen molar-refractivity contribution in [3.63, 3.8) is 0 Å². The Balaban J connectivity index is 2.39. The fourth-order valence-corrected chi connectivity index (χ4v) is 3.57. The van der Waals surface area contributed by atoms with Crippen LogP contribution < -0.4 is 5.32 Å². The number of nitrogens with zero attached hydrogens (tertiary/aromatic N) is 3. The second-order valence-electron chi connectivity index (χ2n) is 4.41. The summed E-state index contributed by atoms with van der Waals surface area (Å²) in [6, 6.07) is -1.10. The largest absolute Gasteiger partial charge is 0.480 e. The summed E-state index contributed by atoms with van der Waals surface area (Å²) in [5.41, 5.74) is 0. The summed E-state index contributed by atoms with van der Waals surface area (Å²) in [6.45, 7) is 2.33. The van der Waals surface area contributed by atoms with E-state index in [1.165, 1.54) is 6.20 Å². The van der Waals surface area contributed by atoms with Gasteiger partial charge in [-0.25, -0.2) is 13.4 Å². The second kappa shape index (κ2) is 4.91. The van der Waals surface area contributed by atoms with Gasteiger partial charge in [0, 0.05) is 32.9 Å². The summed E-state index contributed by atoms with van der Waals surface area (Å²) < 4.78 is 27.4. The van der Waals surface area contributed by atoms with Gasteiger partial charge in [0.15, 0.2) is 5.03 Å². The first-order chi connectivity index (χ1) is 8.84. The number of aliphatic carboxylic acids is 1. The van der Waals surface area contributed by atoms with Crippen molar-refractivity contribution in [2.45, 2.75) is 18.0 Å². The topological polar surface area (TPSA) is 105 Å². The zero-order valence-electron chi connectivity index (χ0n) is 10.7. The number of carbonyl (C=O) groups is 1. The fourth-order valence-electron chi connectivity index (χ4n) is 1.95. The van der Waals surface area contributed by atoms with Crippen LogP contribution in [0.5, 0.6) is 0 Å². The first-order valence-electron chi connectivity index (χ1n) is 5.79. The van der Waals surface area contributed by atoms with E-state index in [-0.39, 0.29) is 18.1 Å². The van der Waals surface area contributed by atoms with Crippen LogP contribution in [0.25, 0.3) is 0 Å². The number of piperazine rings is 1. The Bertz CT molecular complexity index is 575. The summed E-state index contributed by atoms with van der Waals surface area (Å²) in [5.74, 6) is -0.607. The van der Waals surface area contributed by atoms with E-state index in [2.05, 4.69) is 10.3 Å². The normalized spacial score (nSPS) is 21.5. The van der Waals surface area contributed by atoms with E-state index in [1.54, 1.807) is 18.5 Å². The van der Waals surface area contributed by atoms with Crippen LogP contribution in [0.15, 0.2) is 11.2 Å². The van der Waals surface area contributed by atoms with E-state index in [9.17, 15) is 13.2 Å². The van der Waals surface area contributed by atoms with Crippen molar-refractivity contribution in [1.29, 1.82) is 0 Å². The van der Waals surface area contributed by atoms with Gasteiger partial charge in [0.05, 0.1) is 0 Å². The molecule has 0 saturated carbocycles. The standard InChI is InChI=1S/C10H16N4O4S/c1-7-12-9(6-13(7)2)19(17,18)14-4-3-11-5-8(14)10(15)16/h6,8,11H,3-5H2,1-2H3,(H,15,16). The summed E-state index contributed by atoms with van der Waals surface area (Å²) in [5, 5.41) is 11.9. The van der Waals surface area contributed by atoms with Gasteiger partial charge in [0.1, 0.15) is 11.9 Å². The maximum Gasteiger partial charge on any atom is 0.323 e. The Kier molecular flexibility index (Phi) is 3.61. The van der Waals surface area contributed by atoms with Crippen molar-refractivity contribution >= 4 is 16.0 Å². The van der Waals surface area contributed by atoms with Crippen molar-refractivity contribution in [2.75, 3.05) is 19.6 Å². The molecule has 106 valence electrons. The number of sulfonamides is 1. The lowest BCUT2D eigenvalue weighted by molar-refractivity contribution is -0.141. The van der Waals surface area contributed by atoms with Gasteiger partial charge in [-0.15, -0.1) is 0 Å². The van der Waals surface area contributed by atoms with Crippen LogP contribution in [0.1, 0.15) is 5.82 Å². The minimum atomic E-state index is -3.88. The zero-order chi connectivity index (χ0) is 14.2. The molecular formula is C10H16N4O4S. The molecule has 8 nitrogen and oxygen atoms in total. The lowest BCUT2D eigenvalue weighted by atomic mass is 10.2. The van der Waals surface area contributed by atoms with Gasteiger partial charge in [-0.3, -0.25) is 4.79 Å². The molecule has 0 amide bonds. The molecule has 1 atom stereocenters. The van der Waals surface area contributed by atoms with Crippen LogP contribution >= 0.6 is 0 Å². The third kappa shape index (κ3) is 2.48. The van der Waals surface area contributed by atoms with Gasteiger partial charge in [0.2, 0.25) is 0 Å². The third-order valence-corrected chi connectivity index (χ3v) is 4.92. The molecule has 2 rings (SSSR count). The van der Waals surface area contributed by atoms with Gasteiger partial charge < -0.3 is 15.0 Å². The molecule has 0 spiro atoms. The molecule has 2 N–H and O–H groups in total. The van der Waals surface area contributed by atoms with Crippen LogP contribution in [0.2, 0.25) is 0 Å². The molecule has 1 fully saturated rings. The van der Waals surface area contributed by atoms with Crippen LogP contribution in [0.4, 0.5) is 0 Å². The molecule has 1 unspecified atom stereocenters. The summed E-state index contributed by atoms with van der Waals surface area (Å²) in [4.78, 5) is 15.1. The predicted molar refractivity (Wildman–Crippen MR) is 66.1 cm³/mol. The van der Waals surface area contributed by atoms with Crippen molar-refractivity contribution in [3.8, 4) is 0 Å². The number of carboxylic acids is 1. The Morgan fingerprint density at radius 1 is 1.58 bits per heavy atom. The Labute approximate surface area is 111 Å². The Hall–Kier alpha value is -1.45. The average Bonchev–Trinajstić information content (AvgIpc) is 2.70. The van der Waals surface area contributed by atoms with Gasteiger partial charge in [0.25, 0.3) is 10.0 Å². The van der Waals surface area contributed by atoms with Crippen LogP contribution in [-0.4, -0.2) is 59.0 Å². The number of aromatic nitrogens is 2. The maximum atomic E-state index is 12.4. The van der Waals surface area contributed by atoms with Gasteiger partial charge in [-0.05, 0) is 6.92 Å². The molecule has 1 aromatic heterocycles. The molecular weight excluding hydrogens is 272 g/mol. The van der Waals surface area contributed by atoms with E-state index >= 15 is 0 Å². The van der Waals surface area contributed by atoms with Crippen molar-refractivity contribution < 1.29 is 18.3 Å². The number of imidazole rings is 1. The van der Waals surface area contributed by atoms with Crippen LogP contribution in [0, 0.1) is 6.92 Å². The van der Waals surface area contributed by atoms with Crippen molar-refractivity contribution in [2.24, 2.45) is 7.05 Å². The highest BCUT2D eigenvalue weighted by molar-refractivity contribution is 7.89. The maximum absolute atomic E-state index is 12.4. The lowest BCUT2D eigenvalue weighted by Gasteiger charge is -2.31. The van der Waals surface area contributed by atoms with E-state index < -0.39 is 22.0 Å². The fraction of sp³-hybridized carbons (Fsp3) is 0.600. The average molecular weight is 288 g/mol. The highest BCUT2D eigenvalue weighted by Crippen LogP contribution is 2.18. The highest BCUT2D eigenvalue weighted by Gasteiger charge is 2.38. The summed E-state index contributed by atoms with van der Waals surface area (Å²) in [6.07, 6.45) is 1.39. The van der Waals surface area contributed by atoms with Gasteiger partial charge in [-0.1, -0.05) is 0 Å². The first-order valence-corrected chi connectivity index (χ1v) is 7.23. The molecule has 0 aliphatic carbocycles. The number of carboxylic acid groups (broad SMARTS) is 1. The predicted octanol–water partition coefficient (Wildman–Crippen LogP) is -1.22. The number of hydrogen-bond donors (Lipinski definition) is 2. The number of rotatable bonds is 3. The molecule has 0 radical (unpaired) electrons. The molecule has 2 heterocycles. The molecule has 0 aromatic carbocycles. The smallest absolute Gasteiger partial charge is 0.323 e. The molecule has 1 aromatic rings. The van der Waals surface area contributed by atoms with Crippen molar-refractivity contribution in [1.82, 2.24) is 19.2 Å². The highest BCUT2D eigenvalue weighted by atomic mass is 32.2. The summed E-state index contributed by atoms with van der Waals surface area (Å²) in [7, 11) is -2.19. The SMILES string of the molecule is Cc1nc(S(=O)(=O)N2CCNCC2C(=O)O)cn1C. The van der Waals surface area contributed by atoms with Crippen molar-refractivity contribution in [3.05, 3.63) is 12.0 Å². The quantitative estimate of drug-likeness (QED) is 0.722. The van der Waals surface area contributed by atoms with E-state index in [0.717, 1.165) is 4.31 Å². The van der Waals surface area contributed by atoms with Gasteiger partial charge >= 0.3 is 5.97 Å². The van der Waals surface area contributed by atoms with Crippen LogP contribution in [0.3, 0.4) is 0 Å². The zero-order valence-corrected chi connectivity index (χ0v) is 11.5. The molecule has 9 heteroatoms. The van der Waals surface area contributed by atoms with Crippen LogP contribution in [-0.2, 0) is 21.9 Å². The first kappa shape index (κ1) is 14.0. The molecule has 19 heavy (non-hydrogen) atoms. The molecule has 0 bridgehead atoms. The molecule has 1 saturated heterocycles. The monoisotopic (exact) mass is 288 g/mol.